The van der Waals surface area contributed by atoms with Crippen molar-refractivity contribution in [3.05, 3.63) is 95.6 Å². The van der Waals surface area contributed by atoms with Crippen molar-refractivity contribution >= 4 is 35.4 Å². The highest BCUT2D eigenvalue weighted by Gasteiger charge is 2.50. The molecule has 70 heavy (non-hydrogen) atoms. The number of esters is 1. The average molecular weight is 965 g/mol. The van der Waals surface area contributed by atoms with Crippen molar-refractivity contribution in [1.82, 2.24) is 21.3 Å². The summed E-state index contributed by atoms with van der Waals surface area (Å²) in [5.74, 6) is 0.363. The first kappa shape index (κ1) is 54.9. The number of nitrogens with zero attached hydrogens (tertiary/aromatic N) is 1. The van der Waals surface area contributed by atoms with Crippen LogP contribution in [0.1, 0.15) is 91.3 Å². The van der Waals surface area contributed by atoms with Crippen molar-refractivity contribution in [1.29, 1.82) is 0 Å². The lowest BCUT2D eigenvalue weighted by Crippen LogP contribution is -2.61. The zero-order valence-corrected chi connectivity index (χ0v) is 42.3. The number of ether oxygens (including phenoxy) is 4. The maximum atomic E-state index is 14.6. The lowest BCUT2D eigenvalue weighted by molar-refractivity contribution is -0.940. The first-order valence-electron chi connectivity index (χ1n) is 24.5. The fourth-order valence-electron chi connectivity index (χ4n) is 8.38. The van der Waals surface area contributed by atoms with Gasteiger partial charge in [0.25, 0.3) is 5.91 Å². The highest BCUT2D eigenvalue weighted by molar-refractivity contribution is 5.99. The molecule has 2 aliphatic rings. The number of Topliss-reactive ketones (excluding diaryl/α,β-unsaturated/α-hetero) is 1. The van der Waals surface area contributed by atoms with Gasteiger partial charge in [-0.05, 0) is 94.5 Å². The molecular formula is C55H74N5O10+. The number of carbonyl (C=O) groups is 6. The van der Waals surface area contributed by atoms with Crippen molar-refractivity contribution in [2.24, 2.45) is 17.3 Å². The van der Waals surface area contributed by atoms with Gasteiger partial charge in [0.15, 0.2) is 23.8 Å². The smallest absolute Gasteiger partial charge is 0.316 e. The van der Waals surface area contributed by atoms with E-state index in [1.807, 2.05) is 94.4 Å². The van der Waals surface area contributed by atoms with Gasteiger partial charge in [-0.1, -0.05) is 94.3 Å². The number of epoxide rings is 1. The highest BCUT2D eigenvalue weighted by atomic mass is 16.6. The minimum absolute atomic E-state index is 0.0115. The van der Waals surface area contributed by atoms with Crippen molar-refractivity contribution in [2.75, 3.05) is 46.1 Å². The van der Waals surface area contributed by atoms with Crippen molar-refractivity contribution in [2.45, 2.75) is 124 Å². The van der Waals surface area contributed by atoms with Gasteiger partial charge in [0.2, 0.25) is 17.7 Å². The summed E-state index contributed by atoms with van der Waals surface area (Å²) >= 11 is 0. The number of aryl methyl sites for hydroxylation is 1. The zero-order chi connectivity index (χ0) is 51.1. The third-order valence-corrected chi connectivity index (χ3v) is 12.5. The van der Waals surface area contributed by atoms with Gasteiger partial charge in [0.05, 0.1) is 31.3 Å². The Hall–Kier alpha value is -6.08. The molecule has 0 radical (unpaired) electrons. The summed E-state index contributed by atoms with van der Waals surface area (Å²) in [7, 11) is 0. The Bertz CT molecular complexity index is 2300. The summed E-state index contributed by atoms with van der Waals surface area (Å²) in [5.41, 5.74) is 0.843. The Labute approximate surface area is 414 Å². The number of ketones is 1. The molecule has 2 saturated heterocycles. The molecule has 0 unspecified atom stereocenters. The molecule has 5 rings (SSSR count). The molecule has 2 heterocycles. The predicted molar refractivity (Wildman–Crippen MR) is 266 cm³/mol. The van der Waals surface area contributed by atoms with Gasteiger partial charge < -0.3 is 44.7 Å². The highest BCUT2D eigenvalue weighted by Crippen LogP contribution is 2.33. The summed E-state index contributed by atoms with van der Waals surface area (Å²) in [5, 5.41) is 11.9. The fraction of sp³-hybridized carbons (Fsp3) is 0.527. The molecule has 3 aromatic rings. The molecule has 378 valence electrons. The Morgan fingerprint density at radius 1 is 0.729 bits per heavy atom. The summed E-state index contributed by atoms with van der Waals surface area (Å²) < 4.78 is 23.0. The van der Waals surface area contributed by atoms with E-state index >= 15 is 0 Å². The maximum absolute atomic E-state index is 14.6. The standard InChI is InChI=1S/C55H73N5O10/c1-10-27-68-47-33-41(22-24-46(47)70-53(66)54(6,7)8)34-60(25-28-67-29-26-60)35-48(61)56-42(23-21-39-17-13-11-14-18-39)50(63)58-44(31-38(4)5)51(64)59-45(32-40-19-15-12-16-20-40)52(65)57-43(30-37(2)3)49(62)55(9)36-69-55/h1,11-20,22,24,33,37-38,42-45H,21,23,25-32,34-36H2,2-9H3,(H3-,56,57,58,59,61,63,64,65)/p+1/t42-,43-,44-,45-,55+/m0/s1. The second-order valence-electron chi connectivity index (χ2n) is 20.8. The van der Waals surface area contributed by atoms with E-state index in [-0.39, 0.29) is 68.3 Å². The number of terminal acetylenes is 1. The van der Waals surface area contributed by atoms with Crippen LogP contribution < -0.4 is 30.7 Å². The van der Waals surface area contributed by atoms with Crippen LogP contribution in [0.5, 0.6) is 11.5 Å². The Morgan fingerprint density at radius 3 is 1.87 bits per heavy atom. The van der Waals surface area contributed by atoms with E-state index in [1.165, 1.54) is 0 Å². The predicted octanol–water partition coefficient (Wildman–Crippen LogP) is 5.26. The molecule has 0 bridgehead atoms. The van der Waals surface area contributed by atoms with Crippen molar-refractivity contribution < 1.29 is 52.2 Å². The summed E-state index contributed by atoms with van der Waals surface area (Å²) in [6.45, 7) is 17.2. The number of morpholine rings is 1. The van der Waals surface area contributed by atoms with E-state index < -0.39 is 58.9 Å². The van der Waals surface area contributed by atoms with E-state index in [1.54, 1.807) is 39.8 Å². The number of nitrogens with one attached hydrogen (secondary N) is 4. The van der Waals surface area contributed by atoms with E-state index in [0.29, 0.717) is 55.9 Å². The molecule has 15 heteroatoms. The van der Waals surface area contributed by atoms with Gasteiger partial charge in [-0.25, -0.2) is 0 Å². The number of benzene rings is 3. The Balaban J connectivity index is 1.37. The van der Waals surface area contributed by atoms with Crippen LogP contribution in [0.15, 0.2) is 78.9 Å². The van der Waals surface area contributed by atoms with Crippen LogP contribution in [0.4, 0.5) is 0 Å². The third-order valence-electron chi connectivity index (χ3n) is 12.5. The average Bonchev–Trinajstić information content (AvgIpc) is 4.07. The van der Waals surface area contributed by atoms with Crippen molar-refractivity contribution in [3.8, 4) is 23.8 Å². The van der Waals surface area contributed by atoms with Gasteiger partial charge in [-0.3, -0.25) is 28.8 Å². The number of carbonyl (C=O) groups excluding carboxylic acids is 6. The normalized spacial score (nSPS) is 18.0. The molecule has 4 amide bonds. The molecule has 15 nitrogen and oxygen atoms in total. The van der Waals surface area contributed by atoms with Gasteiger partial charge in [-0.15, -0.1) is 6.42 Å². The van der Waals surface area contributed by atoms with Crippen LogP contribution in [-0.4, -0.2) is 116 Å². The first-order chi connectivity index (χ1) is 33.2. The number of rotatable bonds is 25. The first-order valence-corrected chi connectivity index (χ1v) is 24.5. The number of quaternary nitrogens is 1. The number of amides is 4. The number of hydrogen-bond donors (Lipinski definition) is 4. The molecule has 0 spiro atoms. The van der Waals surface area contributed by atoms with E-state index in [0.717, 1.165) is 16.7 Å². The van der Waals surface area contributed by atoms with Crippen LogP contribution in [0.2, 0.25) is 0 Å². The minimum atomic E-state index is -1.09. The van der Waals surface area contributed by atoms with Crippen LogP contribution in [-0.2, 0) is 57.6 Å². The molecule has 0 aromatic heterocycles. The molecule has 2 aliphatic heterocycles. The second-order valence-corrected chi connectivity index (χ2v) is 20.8. The topological polar surface area (TPSA) is 191 Å². The molecule has 3 aromatic carbocycles. The SMILES string of the molecule is C#CCOc1cc(C[N+]2(CC(=O)N[C@@H](CCc3ccccc3)C(=O)N[C@@H](CC(C)C)C(=O)N[C@@H](Cc3ccccc3)C(=O)N[C@@H](CC(C)C)C(=O)[C@@]3(C)CO3)CCOCC2)ccc1OC(=O)C(C)(C)C. The molecule has 0 saturated carbocycles. The van der Waals surface area contributed by atoms with E-state index in [9.17, 15) is 28.8 Å². The van der Waals surface area contributed by atoms with Crippen LogP contribution in [0.25, 0.3) is 0 Å². The van der Waals surface area contributed by atoms with E-state index in [4.69, 9.17) is 25.4 Å². The quantitative estimate of drug-likeness (QED) is 0.0287. The Kier molecular flexibility index (Phi) is 19.7. The molecule has 0 aliphatic carbocycles. The maximum Gasteiger partial charge on any atom is 0.316 e. The lowest BCUT2D eigenvalue weighted by atomic mass is 9.93. The summed E-state index contributed by atoms with van der Waals surface area (Å²) in [6.07, 6.45) is 6.97. The minimum Gasteiger partial charge on any atom is -0.477 e. The third kappa shape index (κ3) is 16.8. The summed E-state index contributed by atoms with van der Waals surface area (Å²) in [4.78, 5) is 83.9. The zero-order valence-electron chi connectivity index (χ0n) is 42.3. The molecule has 4 N–H and O–H groups in total. The number of hydrogen-bond acceptors (Lipinski definition) is 10. The van der Waals surface area contributed by atoms with E-state index in [2.05, 4.69) is 27.2 Å². The van der Waals surface area contributed by atoms with Gasteiger partial charge in [0.1, 0.15) is 50.0 Å². The van der Waals surface area contributed by atoms with Gasteiger partial charge >= 0.3 is 5.97 Å². The van der Waals surface area contributed by atoms with Gasteiger partial charge in [-0.2, -0.15) is 0 Å². The Morgan fingerprint density at radius 2 is 1.29 bits per heavy atom. The van der Waals surface area contributed by atoms with Crippen LogP contribution in [0, 0.1) is 29.6 Å². The second kappa shape index (κ2) is 25.2. The van der Waals surface area contributed by atoms with Crippen LogP contribution >= 0.6 is 0 Å². The largest absolute Gasteiger partial charge is 0.477 e. The van der Waals surface area contributed by atoms with Crippen molar-refractivity contribution in [3.63, 3.8) is 0 Å². The molecule has 2 fully saturated rings. The summed E-state index contributed by atoms with van der Waals surface area (Å²) in [6, 6.07) is 20.1. The lowest BCUT2D eigenvalue weighted by Gasteiger charge is -2.41. The molecule has 5 atom stereocenters. The van der Waals surface area contributed by atoms with Crippen LogP contribution in [0.3, 0.4) is 0 Å². The van der Waals surface area contributed by atoms with Gasteiger partial charge in [0, 0.05) is 12.0 Å². The fourth-order valence-corrected chi connectivity index (χ4v) is 8.38. The molecular weight excluding hydrogens is 891 g/mol. The monoisotopic (exact) mass is 965 g/mol.